The standard InChI is InChI=1S/C12H17N3O2/c16-15(17)11-6-7-13-12(8-11)14-9-10-4-2-1-3-5-10/h6-8,10H,1-5,9H2,(H,13,14). The molecule has 0 aliphatic heterocycles. The molecule has 1 fully saturated rings. The summed E-state index contributed by atoms with van der Waals surface area (Å²) in [6.07, 6.45) is 7.92. The van der Waals surface area contributed by atoms with E-state index in [1.54, 1.807) is 0 Å². The van der Waals surface area contributed by atoms with Crippen LogP contribution in [0.15, 0.2) is 18.3 Å². The quantitative estimate of drug-likeness (QED) is 0.643. The van der Waals surface area contributed by atoms with Gasteiger partial charge in [0.25, 0.3) is 5.69 Å². The summed E-state index contributed by atoms with van der Waals surface area (Å²) >= 11 is 0. The van der Waals surface area contributed by atoms with Crippen molar-refractivity contribution in [2.75, 3.05) is 11.9 Å². The Morgan fingerprint density at radius 1 is 1.41 bits per heavy atom. The first-order chi connectivity index (χ1) is 8.25. The molecule has 17 heavy (non-hydrogen) atoms. The summed E-state index contributed by atoms with van der Waals surface area (Å²) in [7, 11) is 0. The molecule has 1 aromatic rings. The van der Waals surface area contributed by atoms with Crippen LogP contribution in [0.4, 0.5) is 11.5 Å². The van der Waals surface area contributed by atoms with Crippen molar-refractivity contribution in [1.82, 2.24) is 4.98 Å². The molecule has 0 saturated heterocycles. The fraction of sp³-hybridized carbons (Fsp3) is 0.583. The first kappa shape index (κ1) is 11.8. The zero-order valence-electron chi connectivity index (χ0n) is 9.76. The lowest BCUT2D eigenvalue weighted by atomic mass is 9.89. The zero-order valence-corrected chi connectivity index (χ0v) is 9.76. The van der Waals surface area contributed by atoms with E-state index in [0.717, 1.165) is 6.54 Å². The van der Waals surface area contributed by atoms with Gasteiger partial charge in [0.1, 0.15) is 5.82 Å². The molecule has 0 aromatic carbocycles. The molecule has 5 heteroatoms. The minimum absolute atomic E-state index is 0.0890. The molecule has 0 bridgehead atoms. The molecular weight excluding hydrogens is 218 g/mol. The maximum absolute atomic E-state index is 10.6. The summed E-state index contributed by atoms with van der Waals surface area (Å²) in [6.45, 7) is 0.869. The summed E-state index contributed by atoms with van der Waals surface area (Å²) in [4.78, 5) is 14.3. The number of anilines is 1. The summed E-state index contributed by atoms with van der Waals surface area (Å²) in [5.41, 5.74) is 0.0890. The van der Waals surface area contributed by atoms with E-state index in [9.17, 15) is 10.1 Å². The Morgan fingerprint density at radius 3 is 2.88 bits per heavy atom. The topological polar surface area (TPSA) is 68.1 Å². The van der Waals surface area contributed by atoms with Crippen LogP contribution in [0, 0.1) is 16.0 Å². The van der Waals surface area contributed by atoms with Crippen molar-refractivity contribution in [3.05, 3.63) is 28.4 Å². The largest absolute Gasteiger partial charge is 0.370 e. The van der Waals surface area contributed by atoms with Gasteiger partial charge in [0.05, 0.1) is 11.0 Å². The monoisotopic (exact) mass is 235 g/mol. The molecule has 1 N–H and O–H groups in total. The van der Waals surface area contributed by atoms with Gasteiger partial charge in [-0.25, -0.2) is 4.98 Å². The molecule has 1 aliphatic rings. The zero-order chi connectivity index (χ0) is 12.1. The van der Waals surface area contributed by atoms with E-state index in [4.69, 9.17) is 0 Å². The van der Waals surface area contributed by atoms with E-state index < -0.39 is 4.92 Å². The minimum Gasteiger partial charge on any atom is -0.370 e. The molecule has 1 heterocycles. The van der Waals surface area contributed by atoms with Gasteiger partial charge in [0, 0.05) is 18.8 Å². The predicted molar refractivity (Wildman–Crippen MR) is 66.0 cm³/mol. The van der Waals surface area contributed by atoms with Crippen LogP contribution in [-0.2, 0) is 0 Å². The van der Waals surface area contributed by atoms with E-state index in [1.165, 1.54) is 50.4 Å². The highest BCUT2D eigenvalue weighted by Gasteiger charge is 2.13. The number of aromatic nitrogens is 1. The Kier molecular flexibility index (Phi) is 3.90. The van der Waals surface area contributed by atoms with E-state index in [-0.39, 0.29) is 5.69 Å². The third-order valence-electron chi connectivity index (χ3n) is 3.25. The molecule has 0 atom stereocenters. The molecule has 92 valence electrons. The Labute approximate surface area is 100 Å². The van der Waals surface area contributed by atoms with Crippen molar-refractivity contribution in [2.45, 2.75) is 32.1 Å². The van der Waals surface area contributed by atoms with Crippen molar-refractivity contribution in [1.29, 1.82) is 0 Å². The molecule has 0 amide bonds. The lowest BCUT2D eigenvalue weighted by Crippen LogP contribution is -2.17. The van der Waals surface area contributed by atoms with Crippen LogP contribution in [0.3, 0.4) is 0 Å². The smallest absolute Gasteiger partial charge is 0.274 e. The molecule has 2 rings (SSSR count). The SMILES string of the molecule is O=[N+]([O-])c1ccnc(NCC2CCCCC2)c1. The molecule has 0 radical (unpaired) electrons. The summed E-state index contributed by atoms with van der Waals surface area (Å²) in [6, 6.07) is 2.90. The summed E-state index contributed by atoms with van der Waals surface area (Å²) in [5, 5.41) is 13.8. The number of nitrogens with one attached hydrogen (secondary N) is 1. The molecule has 1 aliphatic carbocycles. The average molecular weight is 235 g/mol. The Morgan fingerprint density at radius 2 is 2.18 bits per heavy atom. The number of pyridine rings is 1. The number of nitrogens with zero attached hydrogens (tertiary/aromatic N) is 2. The minimum atomic E-state index is -0.395. The van der Waals surface area contributed by atoms with Gasteiger partial charge in [0.15, 0.2) is 0 Å². The van der Waals surface area contributed by atoms with Crippen LogP contribution in [0.5, 0.6) is 0 Å². The fourth-order valence-electron chi connectivity index (χ4n) is 2.27. The van der Waals surface area contributed by atoms with Gasteiger partial charge in [-0.3, -0.25) is 10.1 Å². The maximum atomic E-state index is 10.6. The van der Waals surface area contributed by atoms with Gasteiger partial charge in [0.2, 0.25) is 0 Å². The molecule has 0 unspecified atom stereocenters. The molecule has 1 saturated carbocycles. The van der Waals surface area contributed by atoms with E-state index >= 15 is 0 Å². The third kappa shape index (κ3) is 3.41. The molecule has 5 nitrogen and oxygen atoms in total. The van der Waals surface area contributed by atoms with Crippen LogP contribution >= 0.6 is 0 Å². The number of nitro groups is 1. The second-order valence-corrected chi connectivity index (χ2v) is 4.54. The van der Waals surface area contributed by atoms with Crippen molar-refractivity contribution < 1.29 is 4.92 Å². The summed E-state index contributed by atoms with van der Waals surface area (Å²) in [5.74, 6) is 1.29. The number of rotatable bonds is 4. The Hall–Kier alpha value is -1.65. The summed E-state index contributed by atoms with van der Waals surface area (Å²) < 4.78 is 0. The van der Waals surface area contributed by atoms with Crippen molar-refractivity contribution in [2.24, 2.45) is 5.92 Å². The number of hydrogen-bond acceptors (Lipinski definition) is 4. The van der Waals surface area contributed by atoms with Gasteiger partial charge < -0.3 is 5.32 Å². The normalized spacial score (nSPS) is 16.7. The van der Waals surface area contributed by atoms with E-state index in [2.05, 4.69) is 10.3 Å². The second kappa shape index (κ2) is 5.61. The van der Waals surface area contributed by atoms with Crippen molar-refractivity contribution in [3.8, 4) is 0 Å². The second-order valence-electron chi connectivity index (χ2n) is 4.54. The van der Waals surface area contributed by atoms with Crippen molar-refractivity contribution >= 4 is 11.5 Å². The molecular formula is C12H17N3O2. The highest BCUT2D eigenvalue weighted by Crippen LogP contribution is 2.24. The fourth-order valence-corrected chi connectivity index (χ4v) is 2.27. The van der Waals surface area contributed by atoms with Gasteiger partial charge in [-0.2, -0.15) is 0 Å². The van der Waals surface area contributed by atoms with Crippen molar-refractivity contribution in [3.63, 3.8) is 0 Å². The van der Waals surface area contributed by atoms with Gasteiger partial charge in [-0.15, -0.1) is 0 Å². The van der Waals surface area contributed by atoms with E-state index in [1.807, 2.05) is 0 Å². The van der Waals surface area contributed by atoms with Gasteiger partial charge >= 0.3 is 0 Å². The number of hydrogen-bond donors (Lipinski definition) is 1. The Balaban J connectivity index is 1.89. The maximum Gasteiger partial charge on any atom is 0.274 e. The van der Waals surface area contributed by atoms with Crippen LogP contribution < -0.4 is 5.32 Å². The first-order valence-electron chi connectivity index (χ1n) is 6.10. The lowest BCUT2D eigenvalue weighted by molar-refractivity contribution is -0.384. The van der Waals surface area contributed by atoms with E-state index in [0.29, 0.717) is 11.7 Å². The van der Waals surface area contributed by atoms with Crippen LogP contribution in [0.1, 0.15) is 32.1 Å². The predicted octanol–water partition coefficient (Wildman–Crippen LogP) is 2.98. The Bertz CT molecular complexity index is 389. The first-order valence-corrected chi connectivity index (χ1v) is 6.10. The molecule has 1 aromatic heterocycles. The van der Waals surface area contributed by atoms with Gasteiger partial charge in [-0.05, 0) is 18.8 Å². The van der Waals surface area contributed by atoms with Gasteiger partial charge in [-0.1, -0.05) is 19.3 Å². The van der Waals surface area contributed by atoms with Crippen LogP contribution in [0.25, 0.3) is 0 Å². The average Bonchev–Trinajstić information content (AvgIpc) is 2.38. The van der Waals surface area contributed by atoms with Crippen LogP contribution in [0.2, 0.25) is 0 Å². The lowest BCUT2D eigenvalue weighted by Gasteiger charge is -2.21. The third-order valence-corrected chi connectivity index (χ3v) is 3.25. The highest BCUT2D eigenvalue weighted by atomic mass is 16.6. The van der Waals surface area contributed by atoms with Crippen LogP contribution in [-0.4, -0.2) is 16.5 Å². The highest BCUT2D eigenvalue weighted by molar-refractivity contribution is 5.44. The molecule has 0 spiro atoms.